The Morgan fingerprint density at radius 3 is 2.00 bits per heavy atom. The predicted octanol–water partition coefficient (Wildman–Crippen LogP) is 4.53. The molecule has 0 spiro atoms. The number of halogens is 2. The second-order valence-electron chi connectivity index (χ2n) is 6.19. The van der Waals surface area contributed by atoms with Crippen molar-refractivity contribution in [3.63, 3.8) is 0 Å². The van der Waals surface area contributed by atoms with Crippen molar-refractivity contribution in [1.29, 1.82) is 0 Å². The summed E-state index contributed by atoms with van der Waals surface area (Å²) in [4.78, 5) is 35.8. The van der Waals surface area contributed by atoms with Gasteiger partial charge in [-0.05, 0) is 48.5 Å². The largest absolute Gasteiger partial charge is 0.454 e. The van der Waals surface area contributed by atoms with E-state index in [1.165, 1.54) is 31.2 Å². The summed E-state index contributed by atoms with van der Waals surface area (Å²) in [6.07, 6.45) is -0.994. The number of rotatable bonds is 6. The maximum atomic E-state index is 12.4. The standard InChI is InChI=1S/C21H16Cl2O7/c1-12(24)28-19-10-17(30-21(26)14-4-8-16(23)9-5-14)18(29-19)11-27-20(25)13-2-6-15(22)7-3-13/h2-9,19H,10-11H2,1H3/t19-/m1/s1. The summed E-state index contributed by atoms with van der Waals surface area (Å²) in [5.74, 6) is -1.67. The summed E-state index contributed by atoms with van der Waals surface area (Å²) in [5, 5.41) is 0.952. The molecule has 0 unspecified atom stereocenters. The van der Waals surface area contributed by atoms with Gasteiger partial charge in [-0.2, -0.15) is 0 Å². The zero-order valence-electron chi connectivity index (χ0n) is 15.7. The van der Waals surface area contributed by atoms with Crippen LogP contribution in [0.3, 0.4) is 0 Å². The van der Waals surface area contributed by atoms with Gasteiger partial charge in [0.05, 0.1) is 17.5 Å². The maximum absolute atomic E-state index is 12.4. The number of carbonyl (C=O) groups excluding carboxylic acids is 3. The van der Waals surface area contributed by atoms with Crippen LogP contribution in [0.2, 0.25) is 10.0 Å². The monoisotopic (exact) mass is 450 g/mol. The molecule has 7 nitrogen and oxygen atoms in total. The topological polar surface area (TPSA) is 88.1 Å². The molecule has 1 aliphatic rings. The van der Waals surface area contributed by atoms with Gasteiger partial charge in [0.15, 0.2) is 18.1 Å². The minimum atomic E-state index is -0.986. The average Bonchev–Trinajstić information content (AvgIpc) is 3.07. The number of esters is 3. The van der Waals surface area contributed by atoms with Crippen LogP contribution < -0.4 is 0 Å². The molecule has 0 radical (unpaired) electrons. The summed E-state index contributed by atoms with van der Waals surface area (Å²) in [7, 11) is 0. The van der Waals surface area contributed by atoms with Gasteiger partial charge in [0, 0.05) is 17.0 Å². The van der Waals surface area contributed by atoms with Crippen LogP contribution >= 0.6 is 23.2 Å². The van der Waals surface area contributed by atoms with Crippen molar-refractivity contribution in [3.05, 3.63) is 81.2 Å². The van der Waals surface area contributed by atoms with Gasteiger partial charge in [0.2, 0.25) is 0 Å². The van der Waals surface area contributed by atoms with E-state index in [-0.39, 0.29) is 35.7 Å². The Labute approximate surface area is 182 Å². The van der Waals surface area contributed by atoms with E-state index in [1.807, 2.05) is 0 Å². The molecule has 0 fully saturated rings. The van der Waals surface area contributed by atoms with Crippen molar-refractivity contribution < 1.29 is 33.3 Å². The molecule has 0 aliphatic carbocycles. The van der Waals surface area contributed by atoms with Gasteiger partial charge < -0.3 is 18.9 Å². The predicted molar refractivity (Wildman–Crippen MR) is 107 cm³/mol. The van der Waals surface area contributed by atoms with Crippen LogP contribution in [0.1, 0.15) is 34.1 Å². The van der Waals surface area contributed by atoms with Crippen LogP contribution in [0.15, 0.2) is 60.0 Å². The first-order valence-corrected chi connectivity index (χ1v) is 9.54. The Morgan fingerprint density at radius 1 is 0.933 bits per heavy atom. The lowest BCUT2D eigenvalue weighted by molar-refractivity contribution is -0.165. The number of carbonyl (C=O) groups is 3. The minimum Gasteiger partial charge on any atom is -0.454 e. The van der Waals surface area contributed by atoms with E-state index in [9.17, 15) is 14.4 Å². The van der Waals surface area contributed by atoms with Gasteiger partial charge in [-0.1, -0.05) is 23.2 Å². The van der Waals surface area contributed by atoms with Crippen LogP contribution in [0, 0.1) is 0 Å². The molecule has 2 aromatic rings. The van der Waals surface area contributed by atoms with E-state index < -0.39 is 24.2 Å². The normalized spacial score (nSPS) is 15.4. The Morgan fingerprint density at radius 2 is 1.47 bits per heavy atom. The highest BCUT2D eigenvalue weighted by molar-refractivity contribution is 6.31. The molecule has 9 heteroatoms. The lowest BCUT2D eigenvalue weighted by Gasteiger charge is -2.12. The van der Waals surface area contributed by atoms with Crippen LogP contribution in [0.5, 0.6) is 0 Å². The summed E-state index contributed by atoms with van der Waals surface area (Å²) < 4.78 is 21.1. The van der Waals surface area contributed by atoms with Gasteiger partial charge in [-0.15, -0.1) is 0 Å². The smallest absolute Gasteiger partial charge is 0.343 e. The Kier molecular flexibility index (Phi) is 6.97. The second kappa shape index (κ2) is 9.65. The fourth-order valence-electron chi connectivity index (χ4n) is 2.55. The summed E-state index contributed by atoms with van der Waals surface area (Å²) >= 11 is 11.6. The highest BCUT2D eigenvalue weighted by atomic mass is 35.5. The van der Waals surface area contributed by atoms with Gasteiger partial charge in [0.1, 0.15) is 0 Å². The van der Waals surface area contributed by atoms with Crippen LogP contribution in [0.25, 0.3) is 0 Å². The number of ether oxygens (including phenoxy) is 4. The van der Waals surface area contributed by atoms with Gasteiger partial charge in [-0.3, -0.25) is 4.79 Å². The summed E-state index contributed by atoms with van der Waals surface area (Å²) in [6, 6.07) is 12.2. The van der Waals surface area contributed by atoms with Gasteiger partial charge >= 0.3 is 17.9 Å². The molecule has 2 aromatic carbocycles. The van der Waals surface area contributed by atoms with Crippen LogP contribution in [0.4, 0.5) is 0 Å². The second-order valence-corrected chi connectivity index (χ2v) is 7.06. The molecule has 1 aliphatic heterocycles. The maximum Gasteiger partial charge on any atom is 0.343 e. The average molecular weight is 451 g/mol. The van der Waals surface area contributed by atoms with Crippen molar-refractivity contribution in [2.45, 2.75) is 19.6 Å². The van der Waals surface area contributed by atoms with Crippen molar-refractivity contribution in [1.82, 2.24) is 0 Å². The van der Waals surface area contributed by atoms with Crippen molar-refractivity contribution in [2.75, 3.05) is 6.61 Å². The van der Waals surface area contributed by atoms with Crippen LogP contribution in [-0.4, -0.2) is 30.8 Å². The molecule has 0 N–H and O–H groups in total. The molecular formula is C21H16Cl2O7. The molecule has 0 aromatic heterocycles. The fraction of sp³-hybridized carbons (Fsp3) is 0.190. The third-order valence-corrected chi connectivity index (χ3v) is 4.45. The molecule has 1 heterocycles. The Hall–Kier alpha value is -3.03. The van der Waals surface area contributed by atoms with Gasteiger partial charge in [0.25, 0.3) is 6.29 Å². The molecule has 156 valence electrons. The molecule has 1 atom stereocenters. The zero-order chi connectivity index (χ0) is 21.7. The molecule has 0 amide bonds. The van der Waals surface area contributed by atoms with Crippen molar-refractivity contribution in [3.8, 4) is 0 Å². The number of hydrogen-bond acceptors (Lipinski definition) is 7. The Bertz CT molecular complexity index is 981. The SMILES string of the molecule is CC(=O)O[C@H]1CC(OC(=O)c2ccc(Cl)cc2)=C(COC(=O)c2ccc(Cl)cc2)O1. The number of hydrogen-bond donors (Lipinski definition) is 0. The summed E-state index contributed by atoms with van der Waals surface area (Å²) in [5.41, 5.74) is 0.551. The third-order valence-electron chi connectivity index (χ3n) is 3.94. The third kappa shape index (κ3) is 5.75. The summed E-state index contributed by atoms with van der Waals surface area (Å²) in [6.45, 7) is 0.907. The lowest BCUT2D eigenvalue weighted by Crippen LogP contribution is -2.16. The molecular weight excluding hydrogens is 435 g/mol. The minimum absolute atomic E-state index is 0.00720. The molecule has 3 rings (SSSR count). The zero-order valence-corrected chi connectivity index (χ0v) is 17.2. The van der Waals surface area contributed by atoms with Crippen LogP contribution in [-0.2, 0) is 23.7 Å². The molecule has 0 bridgehead atoms. The van der Waals surface area contributed by atoms with E-state index in [4.69, 9.17) is 42.1 Å². The number of benzene rings is 2. The highest BCUT2D eigenvalue weighted by Gasteiger charge is 2.32. The van der Waals surface area contributed by atoms with Crippen molar-refractivity contribution in [2.24, 2.45) is 0 Å². The first kappa shape index (κ1) is 21.7. The quantitative estimate of drug-likeness (QED) is 0.471. The first-order chi connectivity index (χ1) is 14.3. The van der Waals surface area contributed by atoms with Crippen molar-refractivity contribution >= 4 is 41.1 Å². The highest BCUT2D eigenvalue weighted by Crippen LogP contribution is 2.28. The molecule has 0 saturated carbocycles. The van der Waals surface area contributed by atoms with E-state index in [0.717, 1.165) is 0 Å². The fourth-order valence-corrected chi connectivity index (χ4v) is 2.80. The van der Waals surface area contributed by atoms with E-state index in [2.05, 4.69) is 0 Å². The lowest BCUT2D eigenvalue weighted by atomic mass is 10.2. The molecule has 0 saturated heterocycles. The molecule has 30 heavy (non-hydrogen) atoms. The first-order valence-electron chi connectivity index (χ1n) is 8.78. The van der Waals surface area contributed by atoms with Gasteiger partial charge in [-0.25, -0.2) is 9.59 Å². The van der Waals surface area contributed by atoms with E-state index >= 15 is 0 Å². The Balaban J connectivity index is 1.71. The van der Waals surface area contributed by atoms with E-state index in [0.29, 0.717) is 10.0 Å². The van der Waals surface area contributed by atoms with E-state index in [1.54, 1.807) is 24.3 Å².